The normalized spacial score (nSPS) is 20.0. The van der Waals surface area contributed by atoms with Crippen LogP contribution in [0.1, 0.15) is 29.5 Å². The van der Waals surface area contributed by atoms with Gasteiger partial charge >= 0.3 is 6.18 Å². The van der Waals surface area contributed by atoms with Crippen molar-refractivity contribution in [2.24, 2.45) is 0 Å². The smallest absolute Gasteiger partial charge is 0.393 e. The molecular formula is C19H14BrCl2F3O. The summed E-state index contributed by atoms with van der Waals surface area (Å²) in [5, 5.41) is 1.25. The SMILES string of the molecule is FC(F)(F)CC1(c2cc(Cl)cc(Cl)c2)CC(c2ccc(CBr)cc2)=CO1. The first-order valence-corrected chi connectivity index (χ1v) is 9.64. The third-order valence-electron chi connectivity index (χ3n) is 4.26. The molecule has 0 N–H and O–H groups in total. The fourth-order valence-corrected chi connectivity index (χ4v) is 3.97. The van der Waals surface area contributed by atoms with Crippen LogP contribution >= 0.6 is 39.1 Å². The van der Waals surface area contributed by atoms with Crippen molar-refractivity contribution in [1.29, 1.82) is 0 Å². The Morgan fingerprint density at radius 3 is 2.19 bits per heavy atom. The lowest BCUT2D eigenvalue weighted by Gasteiger charge is -2.31. The molecule has 0 amide bonds. The molecule has 0 aromatic heterocycles. The fraction of sp³-hybridized carbons (Fsp3) is 0.263. The number of ether oxygens (including phenoxy) is 1. The number of alkyl halides is 4. The molecule has 1 aliphatic heterocycles. The van der Waals surface area contributed by atoms with Crippen molar-refractivity contribution in [2.75, 3.05) is 0 Å². The summed E-state index contributed by atoms with van der Waals surface area (Å²) in [5.41, 5.74) is 1.35. The second kappa shape index (κ2) is 7.45. The first kappa shape index (κ1) is 19.6. The average molecular weight is 466 g/mol. The Kier molecular flexibility index (Phi) is 5.61. The standard InChI is InChI=1S/C19H14BrCl2F3O/c20-9-12-1-3-13(4-2-12)14-8-18(26-10-14,11-19(23,24)25)15-5-16(21)7-17(22)6-15/h1-7,10H,8-9,11H2. The van der Waals surface area contributed by atoms with Gasteiger partial charge in [0.25, 0.3) is 0 Å². The zero-order valence-electron chi connectivity index (χ0n) is 13.4. The zero-order chi connectivity index (χ0) is 18.9. The van der Waals surface area contributed by atoms with E-state index in [0.717, 1.165) is 11.1 Å². The molecule has 3 rings (SSSR count). The predicted molar refractivity (Wildman–Crippen MR) is 102 cm³/mol. The van der Waals surface area contributed by atoms with Crippen LogP contribution in [0.4, 0.5) is 13.2 Å². The van der Waals surface area contributed by atoms with Crippen LogP contribution in [-0.2, 0) is 15.7 Å². The molecule has 1 heterocycles. The third kappa shape index (κ3) is 4.38. The molecule has 0 radical (unpaired) electrons. The van der Waals surface area contributed by atoms with Gasteiger partial charge < -0.3 is 4.74 Å². The molecular weight excluding hydrogens is 452 g/mol. The number of hydrogen-bond donors (Lipinski definition) is 0. The van der Waals surface area contributed by atoms with Gasteiger partial charge in [0.2, 0.25) is 0 Å². The highest BCUT2D eigenvalue weighted by Crippen LogP contribution is 2.49. The van der Waals surface area contributed by atoms with Gasteiger partial charge in [-0.15, -0.1) is 0 Å². The van der Waals surface area contributed by atoms with Gasteiger partial charge in [-0.05, 0) is 40.5 Å². The molecule has 26 heavy (non-hydrogen) atoms. The second-order valence-electron chi connectivity index (χ2n) is 6.21. The molecule has 1 aliphatic rings. The van der Waals surface area contributed by atoms with Gasteiger partial charge in [-0.25, -0.2) is 0 Å². The van der Waals surface area contributed by atoms with Crippen LogP contribution < -0.4 is 0 Å². The summed E-state index contributed by atoms with van der Waals surface area (Å²) in [6, 6.07) is 12.0. The highest BCUT2D eigenvalue weighted by atomic mass is 79.9. The fourth-order valence-electron chi connectivity index (χ4n) is 3.07. The average Bonchev–Trinajstić information content (AvgIpc) is 2.97. The summed E-state index contributed by atoms with van der Waals surface area (Å²) in [7, 11) is 0. The molecule has 1 atom stereocenters. The molecule has 1 nitrogen and oxygen atoms in total. The quantitative estimate of drug-likeness (QED) is 0.425. The van der Waals surface area contributed by atoms with Crippen LogP contribution in [0.5, 0.6) is 0 Å². The van der Waals surface area contributed by atoms with Crippen molar-refractivity contribution in [3.05, 3.63) is 75.5 Å². The van der Waals surface area contributed by atoms with Crippen LogP contribution in [0.2, 0.25) is 10.0 Å². The van der Waals surface area contributed by atoms with E-state index in [2.05, 4.69) is 15.9 Å². The Balaban J connectivity index is 1.96. The molecule has 0 saturated carbocycles. The molecule has 0 bridgehead atoms. The summed E-state index contributed by atoms with van der Waals surface area (Å²) in [6.07, 6.45) is -4.05. The number of benzene rings is 2. The second-order valence-corrected chi connectivity index (χ2v) is 7.65. The van der Waals surface area contributed by atoms with Crippen molar-refractivity contribution in [3.63, 3.8) is 0 Å². The summed E-state index contributed by atoms with van der Waals surface area (Å²) in [6.45, 7) is 0. The molecule has 138 valence electrons. The van der Waals surface area contributed by atoms with Crippen molar-refractivity contribution < 1.29 is 17.9 Å². The van der Waals surface area contributed by atoms with Gasteiger partial charge in [0.15, 0.2) is 0 Å². The molecule has 7 heteroatoms. The maximum atomic E-state index is 13.3. The highest BCUT2D eigenvalue weighted by Gasteiger charge is 2.48. The van der Waals surface area contributed by atoms with E-state index in [4.69, 9.17) is 27.9 Å². The van der Waals surface area contributed by atoms with Crippen LogP contribution in [0, 0.1) is 0 Å². The van der Waals surface area contributed by atoms with Gasteiger partial charge in [0, 0.05) is 21.8 Å². The van der Waals surface area contributed by atoms with E-state index >= 15 is 0 Å². The van der Waals surface area contributed by atoms with Gasteiger partial charge in [0.1, 0.15) is 5.60 Å². The summed E-state index contributed by atoms with van der Waals surface area (Å²) < 4.78 is 45.5. The summed E-state index contributed by atoms with van der Waals surface area (Å²) in [5.74, 6) is 0. The lowest BCUT2D eigenvalue weighted by molar-refractivity contribution is -0.176. The van der Waals surface area contributed by atoms with E-state index in [1.165, 1.54) is 24.5 Å². The van der Waals surface area contributed by atoms with Crippen molar-refractivity contribution >= 4 is 44.7 Å². The number of halogens is 6. The Morgan fingerprint density at radius 1 is 1.04 bits per heavy atom. The minimum absolute atomic E-state index is 0.0802. The third-order valence-corrected chi connectivity index (χ3v) is 5.34. The van der Waals surface area contributed by atoms with E-state index in [9.17, 15) is 13.2 Å². The summed E-state index contributed by atoms with van der Waals surface area (Å²) in [4.78, 5) is 0. The Morgan fingerprint density at radius 2 is 1.65 bits per heavy atom. The minimum Gasteiger partial charge on any atom is -0.489 e. The maximum absolute atomic E-state index is 13.3. The molecule has 0 spiro atoms. The lowest BCUT2D eigenvalue weighted by Crippen LogP contribution is -2.32. The predicted octanol–water partition coefficient (Wildman–Crippen LogP) is 7.50. The van der Waals surface area contributed by atoms with Gasteiger partial charge in [0.05, 0.1) is 12.7 Å². The lowest BCUT2D eigenvalue weighted by atomic mass is 9.84. The van der Waals surface area contributed by atoms with Crippen LogP contribution in [0.25, 0.3) is 5.57 Å². The highest BCUT2D eigenvalue weighted by molar-refractivity contribution is 9.08. The Hall–Kier alpha value is -1.17. The van der Waals surface area contributed by atoms with E-state index in [-0.39, 0.29) is 16.5 Å². The Labute approximate surface area is 167 Å². The first-order chi connectivity index (χ1) is 12.2. The Bertz CT molecular complexity index is 813. The summed E-state index contributed by atoms with van der Waals surface area (Å²) >= 11 is 15.4. The number of rotatable bonds is 4. The zero-order valence-corrected chi connectivity index (χ0v) is 16.5. The van der Waals surface area contributed by atoms with E-state index < -0.39 is 18.2 Å². The van der Waals surface area contributed by atoms with Crippen molar-refractivity contribution in [2.45, 2.75) is 29.9 Å². The molecule has 2 aromatic carbocycles. The minimum atomic E-state index is -4.40. The first-order valence-electron chi connectivity index (χ1n) is 7.76. The van der Waals surface area contributed by atoms with E-state index in [1.54, 1.807) is 0 Å². The van der Waals surface area contributed by atoms with Crippen molar-refractivity contribution in [1.82, 2.24) is 0 Å². The van der Waals surface area contributed by atoms with Crippen LogP contribution in [-0.4, -0.2) is 6.18 Å². The molecule has 0 fully saturated rings. The van der Waals surface area contributed by atoms with E-state index in [0.29, 0.717) is 16.5 Å². The van der Waals surface area contributed by atoms with Crippen LogP contribution in [0.15, 0.2) is 48.7 Å². The van der Waals surface area contributed by atoms with Gasteiger partial charge in [-0.3, -0.25) is 0 Å². The molecule has 0 aliphatic carbocycles. The maximum Gasteiger partial charge on any atom is 0.393 e. The monoisotopic (exact) mass is 464 g/mol. The van der Waals surface area contributed by atoms with Crippen molar-refractivity contribution in [3.8, 4) is 0 Å². The van der Waals surface area contributed by atoms with Gasteiger partial charge in [-0.2, -0.15) is 13.2 Å². The van der Waals surface area contributed by atoms with E-state index in [1.807, 2.05) is 24.3 Å². The topological polar surface area (TPSA) is 9.23 Å². The largest absolute Gasteiger partial charge is 0.489 e. The number of hydrogen-bond acceptors (Lipinski definition) is 1. The van der Waals surface area contributed by atoms with Gasteiger partial charge in [-0.1, -0.05) is 63.4 Å². The molecule has 1 unspecified atom stereocenters. The molecule has 0 saturated heterocycles. The molecule has 2 aromatic rings. The van der Waals surface area contributed by atoms with Crippen LogP contribution in [0.3, 0.4) is 0 Å².